The van der Waals surface area contributed by atoms with E-state index in [1.807, 2.05) is 0 Å². The number of hydrogen-bond acceptors (Lipinski definition) is 5. The molecule has 0 aliphatic carbocycles. The number of ether oxygens (including phenoxy) is 1. The average molecular weight is 243 g/mol. The van der Waals surface area contributed by atoms with Crippen LogP contribution in [0, 0.1) is 0 Å². The molecule has 0 atom stereocenters. The van der Waals surface area contributed by atoms with Crippen LogP contribution in [0.15, 0.2) is 11.1 Å². The minimum Gasteiger partial charge on any atom is -0.467 e. The van der Waals surface area contributed by atoms with Crippen LogP contribution in [0.25, 0.3) is 0 Å². The van der Waals surface area contributed by atoms with Crippen molar-refractivity contribution in [2.24, 2.45) is 0 Å². The first-order valence-electron chi connectivity index (χ1n) is 2.96. The molecule has 72 valence electrons. The Labute approximate surface area is 84.1 Å². The summed E-state index contributed by atoms with van der Waals surface area (Å²) in [6, 6.07) is -0.0194. The lowest BCUT2D eigenvalue weighted by Gasteiger charge is -2.00. The topological polar surface area (TPSA) is 69.2 Å². The van der Waals surface area contributed by atoms with Crippen LogP contribution in [0.1, 0.15) is 0 Å². The molecule has 0 aliphatic rings. The van der Waals surface area contributed by atoms with Gasteiger partial charge in [0.1, 0.15) is 4.90 Å². The van der Waals surface area contributed by atoms with Crippen LogP contribution in [-0.4, -0.2) is 25.5 Å². The number of halogens is 2. The van der Waals surface area contributed by atoms with E-state index in [9.17, 15) is 8.42 Å². The summed E-state index contributed by atoms with van der Waals surface area (Å²) in [6.45, 7) is 0. The van der Waals surface area contributed by atoms with Crippen LogP contribution in [0.2, 0.25) is 5.15 Å². The van der Waals surface area contributed by atoms with E-state index in [0.717, 1.165) is 6.20 Å². The first-order chi connectivity index (χ1) is 5.95. The predicted octanol–water partition coefficient (Wildman–Crippen LogP) is 1.07. The van der Waals surface area contributed by atoms with E-state index in [4.69, 9.17) is 22.3 Å². The van der Waals surface area contributed by atoms with Crippen molar-refractivity contribution in [3.63, 3.8) is 0 Å². The van der Waals surface area contributed by atoms with Crippen molar-refractivity contribution in [1.29, 1.82) is 0 Å². The van der Waals surface area contributed by atoms with Crippen LogP contribution in [-0.2, 0) is 9.05 Å². The number of aromatic nitrogens is 2. The second-order valence-corrected chi connectivity index (χ2v) is 4.84. The Balaban J connectivity index is 3.29. The molecule has 1 aromatic rings. The highest BCUT2D eigenvalue weighted by Crippen LogP contribution is 2.22. The SMILES string of the molecule is COc1ncc(S(=O)(=O)Cl)c(Cl)n1. The van der Waals surface area contributed by atoms with Gasteiger partial charge in [-0.2, -0.15) is 4.98 Å². The van der Waals surface area contributed by atoms with E-state index >= 15 is 0 Å². The van der Waals surface area contributed by atoms with Crippen LogP contribution >= 0.6 is 22.3 Å². The lowest BCUT2D eigenvalue weighted by Crippen LogP contribution is -1.98. The molecule has 13 heavy (non-hydrogen) atoms. The van der Waals surface area contributed by atoms with Crippen molar-refractivity contribution >= 4 is 31.3 Å². The van der Waals surface area contributed by atoms with Crippen molar-refractivity contribution in [2.75, 3.05) is 7.11 Å². The zero-order chi connectivity index (χ0) is 10.1. The van der Waals surface area contributed by atoms with Gasteiger partial charge in [0.05, 0.1) is 13.3 Å². The first-order valence-corrected chi connectivity index (χ1v) is 5.65. The molecule has 0 radical (unpaired) electrons. The molecule has 0 saturated carbocycles. The highest BCUT2D eigenvalue weighted by Gasteiger charge is 2.17. The molecule has 0 saturated heterocycles. The Morgan fingerprint density at radius 3 is 2.54 bits per heavy atom. The lowest BCUT2D eigenvalue weighted by molar-refractivity contribution is 0.378. The second-order valence-electron chi connectivity index (χ2n) is 1.95. The quantitative estimate of drug-likeness (QED) is 0.573. The number of nitrogens with zero attached hydrogens (tertiary/aromatic N) is 2. The fourth-order valence-corrected chi connectivity index (χ4v) is 1.91. The third-order valence-corrected chi connectivity index (χ3v) is 2.86. The summed E-state index contributed by atoms with van der Waals surface area (Å²) in [5, 5.41) is -0.262. The highest BCUT2D eigenvalue weighted by atomic mass is 35.7. The molecule has 0 amide bonds. The normalized spacial score (nSPS) is 11.3. The highest BCUT2D eigenvalue weighted by molar-refractivity contribution is 8.13. The van der Waals surface area contributed by atoms with Gasteiger partial charge in [0.2, 0.25) is 0 Å². The van der Waals surface area contributed by atoms with Gasteiger partial charge in [-0.05, 0) is 0 Å². The van der Waals surface area contributed by atoms with Gasteiger partial charge in [-0.25, -0.2) is 13.4 Å². The third-order valence-electron chi connectivity index (χ3n) is 1.13. The molecule has 0 N–H and O–H groups in total. The number of rotatable bonds is 2. The average Bonchev–Trinajstić information content (AvgIpc) is 2.01. The predicted molar refractivity (Wildman–Crippen MR) is 46.6 cm³/mol. The maximum absolute atomic E-state index is 10.8. The Hall–Kier alpha value is -0.590. The molecule has 0 bridgehead atoms. The molecule has 1 aromatic heterocycles. The number of hydrogen-bond donors (Lipinski definition) is 0. The largest absolute Gasteiger partial charge is 0.467 e. The van der Waals surface area contributed by atoms with Gasteiger partial charge in [0.15, 0.2) is 5.15 Å². The summed E-state index contributed by atoms with van der Waals surface area (Å²) in [5.41, 5.74) is 0. The van der Waals surface area contributed by atoms with E-state index < -0.39 is 9.05 Å². The summed E-state index contributed by atoms with van der Waals surface area (Å²) in [4.78, 5) is 6.73. The Morgan fingerprint density at radius 1 is 1.54 bits per heavy atom. The van der Waals surface area contributed by atoms with Gasteiger partial charge in [-0.1, -0.05) is 11.6 Å². The molecule has 0 fully saturated rings. The van der Waals surface area contributed by atoms with E-state index in [-0.39, 0.29) is 16.1 Å². The minimum absolute atomic E-state index is 0.0194. The standard InChI is InChI=1S/C5H4Cl2N2O3S/c1-12-5-8-2-3(4(6)9-5)13(7,10)11/h2H,1H3. The summed E-state index contributed by atoms with van der Waals surface area (Å²) in [7, 11) is 2.46. The molecule has 8 heteroatoms. The smallest absolute Gasteiger partial charge is 0.317 e. The van der Waals surface area contributed by atoms with E-state index in [1.54, 1.807) is 0 Å². The van der Waals surface area contributed by atoms with Gasteiger partial charge in [-0.3, -0.25) is 0 Å². The van der Waals surface area contributed by atoms with Crippen LogP contribution in [0.4, 0.5) is 0 Å². The molecule has 0 unspecified atom stereocenters. The van der Waals surface area contributed by atoms with Crippen LogP contribution in [0.5, 0.6) is 6.01 Å². The van der Waals surface area contributed by atoms with Crippen LogP contribution < -0.4 is 4.74 Å². The van der Waals surface area contributed by atoms with Crippen molar-refractivity contribution in [2.45, 2.75) is 4.90 Å². The summed E-state index contributed by atoms with van der Waals surface area (Å²) < 4.78 is 26.2. The van der Waals surface area contributed by atoms with Crippen molar-refractivity contribution < 1.29 is 13.2 Å². The molecule has 1 heterocycles. The maximum Gasteiger partial charge on any atom is 0.317 e. The maximum atomic E-state index is 10.8. The lowest BCUT2D eigenvalue weighted by atomic mass is 10.7. The fourth-order valence-electron chi connectivity index (χ4n) is 0.597. The minimum atomic E-state index is -3.90. The van der Waals surface area contributed by atoms with E-state index in [2.05, 4.69) is 14.7 Å². The summed E-state index contributed by atoms with van der Waals surface area (Å²) >= 11 is 5.50. The second kappa shape index (κ2) is 3.65. The number of methoxy groups -OCH3 is 1. The Kier molecular flexibility index (Phi) is 2.94. The Morgan fingerprint density at radius 2 is 2.15 bits per heavy atom. The molecule has 0 aromatic carbocycles. The van der Waals surface area contributed by atoms with E-state index in [0.29, 0.717) is 0 Å². The van der Waals surface area contributed by atoms with Gasteiger partial charge in [0.25, 0.3) is 9.05 Å². The van der Waals surface area contributed by atoms with Gasteiger partial charge >= 0.3 is 6.01 Å². The van der Waals surface area contributed by atoms with Crippen LogP contribution in [0.3, 0.4) is 0 Å². The molecule has 0 aliphatic heterocycles. The van der Waals surface area contributed by atoms with Crippen molar-refractivity contribution in [1.82, 2.24) is 9.97 Å². The third kappa shape index (κ3) is 2.43. The van der Waals surface area contributed by atoms with E-state index in [1.165, 1.54) is 7.11 Å². The molecule has 0 spiro atoms. The zero-order valence-electron chi connectivity index (χ0n) is 6.36. The van der Waals surface area contributed by atoms with Crippen molar-refractivity contribution in [3.8, 4) is 6.01 Å². The molecular formula is C5H4Cl2N2O3S. The molecule has 5 nitrogen and oxygen atoms in total. The Bertz CT molecular complexity index is 420. The zero-order valence-corrected chi connectivity index (χ0v) is 8.69. The van der Waals surface area contributed by atoms with Gasteiger partial charge in [0, 0.05) is 10.7 Å². The summed E-state index contributed by atoms with van der Waals surface area (Å²) in [6.07, 6.45) is 0.983. The van der Waals surface area contributed by atoms with Crippen molar-refractivity contribution in [3.05, 3.63) is 11.3 Å². The molecule has 1 rings (SSSR count). The van der Waals surface area contributed by atoms with Gasteiger partial charge < -0.3 is 4.74 Å². The first kappa shape index (κ1) is 10.5. The fraction of sp³-hybridized carbons (Fsp3) is 0.200. The monoisotopic (exact) mass is 242 g/mol. The molecular weight excluding hydrogens is 239 g/mol. The summed E-state index contributed by atoms with van der Waals surface area (Å²) in [5.74, 6) is 0. The van der Waals surface area contributed by atoms with Gasteiger partial charge in [-0.15, -0.1) is 0 Å².